The number of carboxylic acid groups (broad SMARTS) is 1. The molecule has 1 aromatic heterocycles. The summed E-state index contributed by atoms with van der Waals surface area (Å²) in [5, 5.41) is 23.7. The van der Waals surface area contributed by atoms with E-state index in [4.69, 9.17) is 5.11 Å². The molecule has 0 radical (unpaired) electrons. The van der Waals surface area contributed by atoms with Gasteiger partial charge in [-0.3, -0.25) is 4.79 Å². The first-order valence-corrected chi connectivity index (χ1v) is 5.23. The summed E-state index contributed by atoms with van der Waals surface area (Å²) in [5.41, 5.74) is 0. The van der Waals surface area contributed by atoms with E-state index in [0.717, 1.165) is 5.00 Å². The fourth-order valence-corrected chi connectivity index (χ4v) is 1.62. The predicted molar refractivity (Wildman–Crippen MR) is 55.7 cm³/mol. The van der Waals surface area contributed by atoms with Gasteiger partial charge in [0.25, 0.3) is 0 Å². The van der Waals surface area contributed by atoms with Crippen LogP contribution in [0.3, 0.4) is 0 Å². The number of anilines is 1. The summed E-state index contributed by atoms with van der Waals surface area (Å²) in [4.78, 5) is 10.2. The Hall–Kier alpha value is -1.07. The van der Waals surface area contributed by atoms with Crippen molar-refractivity contribution < 1.29 is 15.0 Å². The number of thiophene rings is 1. The maximum atomic E-state index is 10.2. The van der Waals surface area contributed by atoms with Crippen LogP contribution in [0.2, 0.25) is 0 Å². The van der Waals surface area contributed by atoms with Crippen molar-refractivity contribution in [2.45, 2.75) is 18.9 Å². The highest BCUT2D eigenvalue weighted by Crippen LogP contribution is 2.14. The van der Waals surface area contributed by atoms with Gasteiger partial charge in [-0.05, 0) is 23.9 Å². The summed E-state index contributed by atoms with van der Waals surface area (Å²) in [6, 6.07) is 3.82. The number of hydrogen-bond acceptors (Lipinski definition) is 4. The molecule has 0 aromatic carbocycles. The number of aliphatic carboxylic acids is 1. The SMILES string of the molecule is O=C(O)CCC(O)CNc1cccs1. The van der Waals surface area contributed by atoms with Crippen LogP contribution >= 0.6 is 11.3 Å². The van der Waals surface area contributed by atoms with Crippen LogP contribution in [0.4, 0.5) is 5.00 Å². The van der Waals surface area contributed by atoms with Gasteiger partial charge >= 0.3 is 5.97 Å². The van der Waals surface area contributed by atoms with Crippen LogP contribution in [-0.2, 0) is 4.79 Å². The molecule has 5 heteroatoms. The first kappa shape index (κ1) is 11.0. The molecule has 0 aliphatic heterocycles. The molecule has 1 aromatic rings. The molecule has 0 bridgehead atoms. The molecule has 4 nitrogen and oxygen atoms in total. The number of rotatable bonds is 6. The Bertz CT molecular complexity index is 274. The zero-order valence-electron chi connectivity index (χ0n) is 7.64. The van der Waals surface area contributed by atoms with Gasteiger partial charge in [-0.1, -0.05) is 0 Å². The van der Waals surface area contributed by atoms with E-state index < -0.39 is 12.1 Å². The van der Waals surface area contributed by atoms with Gasteiger partial charge in [0.1, 0.15) is 0 Å². The molecule has 0 fully saturated rings. The molecular weight excluding hydrogens is 202 g/mol. The fourth-order valence-electron chi connectivity index (χ4n) is 0.990. The molecule has 1 heterocycles. The summed E-state index contributed by atoms with van der Waals surface area (Å²) in [5.74, 6) is -0.875. The molecule has 0 aliphatic carbocycles. The van der Waals surface area contributed by atoms with Crippen LogP contribution < -0.4 is 5.32 Å². The number of carbonyl (C=O) groups is 1. The average Bonchev–Trinajstić information content (AvgIpc) is 2.63. The molecule has 0 spiro atoms. The smallest absolute Gasteiger partial charge is 0.303 e. The number of aliphatic hydroxyl groups excluding tert-OH is 1. The molecular formula is C9H13NO3S. The Morgan fingerprint density at radius 1 is 1.64 bits per heavy atom. The highest BCUT2D eigenvalue weighted by atomic mass is 32.1. The molecule has 0 saturated heterocycles. The van der Waals surface area contributed by atoms with Gasteiger partial charge in [-0.25, -0.2) is 0 Å². The van der Waals surface area contributed by atoms with Gasteiger partial charge in [-0.2, -0.15) is 0 Å². The first-order chi connectivity index (χ1) is 6.68. The van der Waals surface area contributed by atoms with E-state index in [1.54, 1.807) is 11.3 Å². The quantitative estimate of drug-likeness (QED) is 0.670. The molecule has 1 rings (SSSR count). The Morgan fingerprint density at radius 3 is 3.00 bits per heavy atom. The highest BCUT2D eigenvalue weighted by molar-refractivity contribution is 7.14. The minimum atomic E-state index is -0.875. The average molecular weight is 215 g/mol. The van der Waals surface area contributed by atoms with E-state index in [0.29, 0.717) is 6.54 Å². The second kappa shape index (κ2) is 5.62. The van der Waals surface area contributed by atoms with Crippen LogP contribution in [0.1, 0.15) is 12.8 Å². The number of hydrogen-bond donors (Lipinski definition) is 3. The maximum absolute atomic E-state index is 10.2. The minimum absolute atomic E-state index is 0.00723. The topological polar surface area (TPSA) is 69.6 Å². The van der Waals surface area contributed by atoms with E-state index in [1.165, 1.54) is 0 Å². The monoisotopic (exact) mass is 215 g/mol. The van der Waals surface area contributed by atoms with Crippen molar-refractivity contribution >= 4 is 22.3 Å². The lowest BCUT2D eigenvalue weighted by atomic mass is 10.2. The lowest BCUT2D eigenvalue weighted by Gasteiger charge is -2.09. The second-order valence-electron chi connectivity index (χ2n) is 2.94. The van der Waals surface area contributed by atoms with Gasteiger partial charge in [0, 0.05) is 13.0 Å². The van der Waals surface area contributed by atoms with E-state index >= 15 is 0 Å². The van der Waals surface area contributed by atoms with Crippen LogP contribution in [0, 0.1) is 0 Å². The third-order valence-corrected chi connectivity index (χ3v) is 2.55. The van der Waals surface area contributed by atoms with Gasteiger partial charge in [0.15, 0.2) is 0 Å². The highest BCUT2D eigenvalue weighted by Gasteiger charge is 2.06. The second-order valence-corrected chi connectivity index (χ2v) is 3.89. The van der Waals surface area contributed by atoms with Crippen molar-refractivity contribution in [1.29, 1.82) is 0 Å². The van der Waals surface area contributed by atoms with Crippen LogP contribution in [-0.4, -0.2) is 28.8 Å². The third-order valence-electron chi connectivity index (χ3n) is 1.72. The Balaban J connectivity index is 2.15. The molecule has 1 atom stereocenters. The molecule has 14 heavy (non-hydrogen) atoms. The fraction of sp³-hybridized carbons (Fsp3) is 0.444. The lowest BCUT2D eigenvalue weighted by molar-refractivity contribution is -0.137. The molecule has 0 aliphatic rings. The van der Waals surface area contributed by atoms with E-state index in [1.807, 2.05) is 17.5 Å². The number of carboxylic acids is 1. The standard InChI is InChI=1S/C9H13NO3S/c11-7(3-4-9(12)13)6-10-8-2-1-5-14-8/h1-2,5,7,10-11H,3-4,6H2,(H,12,13). The van der Waals surface area contributed by atoms with Crippen molar-refractivity contribution in [3.05, 3.63) is 17.5 Å². The van der Waals surface area contributed by atoms with Crippen LogP contribution in [0.25, 0.3) is 0 Å². The van der Waals surface area contributed by atoms with Gasteiger partial charge in [0.2, 0.25) is 0 Å². The molecule has 0 amide bonds. The van der Waals surface area contributed by atoms with Gasteiger partial charge in [0.05, 0.1) is 11.1 Å². The molecule has 78 valence electrons. The summed E-state index contributed by atoms with van der Waals surface area (Å²) in [6.07, 6.45) is -0.311. The van der Waals surface area contributed by atoms with Gasteiger partial charge < -0.3 is 15.5 Å². The van der Waals surface area contributed by atoms with Gasteiger partial charge in [-0.15, -0.1) is 11.3 Å². The first-order valence-electron chi connectivity index (χ1n) is 4.35. The number of aliphatic hydroxyl groups is 1. The van der Waals surface area contributed by atoms with Crippen molar-refractivity contribution in [3.8, 4) is 0 Å². The normalized spacial score (nSPS) is 12.4. The predicted octanol–water partition coefficient (Wildman–Crippen LogP) is 1.39. The summed E-state index contributed by atoms with van der Waals surface area (Å²) in [7, 11) is 0. The maximum Gasteiger partial charge on any atom is 0.303 e. The van der Waals surface area contributed by atoms with E-state index in [9.17, 15) is 9.90 Å². The molecule has 3 N–H and O–H groups in total. The van der Waals surface area contributed by atoms with Crippen molar-refractivity contribution in [3.63, 3.8) is 0 Å². The third kappa shape index (κ3) is 4.25. The Morgan fingerprint density at radius 2 is 2.43 bits per heavy atom. The van der Waals surface area contributed by atoms with E-state index in [2.05, 4.69) is 5.32 Å². The lowest BCUT2D eigenvalue weighted by Crippen LogP contribution is -2.19. The van der Waals surface area contributed by atoms with Crippen molar-refractivity contribution in [2.75, 3.05) is 11.9 Å². The molecule has 1 unspecified atom stereocenters. The molecule has 0 saturated carbocycles. The van der Waals surface area contributed by atoms with E-state index in [-0.39, 0.29) is 12.8 Å². The zero-order valence-corrected chi connectivity index (χ0v) is 8.46. The number of nitrogens with one attached hydrogen (secondary N) is 1. The zero-order chi connectivity index (χ0) is 10.4. The summed E-state index contributed by atoms with van der Waals surface area (Å²) >= 11 is 1.55. The summed E-state index contributed by atoms with van der Waals surface area (Å²) in [6.45, 7) is 0.397. The largest absolute Gasteiger partial charge is 0.481 e. The van der Waals surface area contributed by atoms with Crippen LogP contribution in [0.5, 0.6) is 0 Å². The Kier molecular flexibility index (Phi) is 4.42. The van der Waals surface area contributed by atoms with Crippen LogP contribution in [0.15, 0.2) is 17.5 Å². The van der Waals surface area contributed by atoms with Crippen molar-refractivity contribution in [1.82, 2.24) is 0 Å². The minimum Gasteiger partial charge on any atom is -0.481 e. The van der Waals surface area contributed by atoms with Crippen molar-refractivity contribution in [2.24, 2.45) is 0 Å². The Labute approximate surface area is 86.2 Å². The summed E-state index contributed by atoms with van der Waals surface area (Å²) < 4.78 is 0.